The first kappa shape index (κ1) is 10.5. The van der Waals surface area contributed by atoms with Crippen LogP contribution >= 0.6 is 11.6 Å². The number of pyridine rings is 1. The molecule has 4 nitrogen and oxygen atoms in total. The molecule has 1 atom stereocenters. The van der Waals surface area contributed by atoms with Crippen LogP contribution in [-0.2, 0) is 0 Å². The molecule has 1 rings (SSSR count). The van der Waals surface area contributed by atoms with Crippen LogP contribution < -0.4 is 5.32 Å². The van der Waals surface area contributed by atoms with E-state index in [-0.39, 0.29) is 10.8 Å². The molecular weight excluding hydrogens is 202 g/mol. The topological polar surface area (TPSA) is 65.8 Å². The monoisotopic (exact) mass is 209 g/mol. The Bertz CT molecular complexity index is 386. The van der Waals surface area contributed by atoms with Crippen LogP contribution in [0.25, 0.3) is 0 Å². The summed E-state index contributed by atoms with van der Waals surface area (Å²) in [5, 5.41) is 11.2. The molecule has 0 fully saturated rings. The lowest BCUT2D eigenvalue weighted by Crippen LogP contribution is -2.31. The molecule has 0 aliphatic rings. The van der Waals surface area contributed by atoms with Crippen LogP contribution in [-0.4, -0.2) is 16.9 Å². The zero-order chi connectivity index (χ0) is 10.6. The van der Waals surface area contributed by atoms with Crippen molar-refractivity contribution in [2.75, 3.05) is 0 Å². The maximum Gasteiger partial charge on any atom is 0.270 e. The van der Waals surface area contributed by atoms with Crippen LogP contribution in [0.3, 0.4) is 0 Å². The average Bonchev–Trinajstić information content (AvgIpc) is 2.17. The number of halogens is 1. The number of carbonyl (C=O) groups excluding carboxylic acids is 1. The molecule has 1 aromatic heterocycles. The van der Waals surface area contributed by atoms with Gasteiger partial charge in [0.15, 0.2) is 0 Å². The summed E-state index contributed by atoms with van der Waals surface area (Å²) in [6.45, 7) is 1.59. The summed E-state index contributed by atoms with van der Waals surface area (Å²) in [7, 11) is 0. The van der Waals surface area contributed by atoms with E-state index in [4.69, 9.17) is 16.9 Å². The van der Waals surface area contributed by atoms with Gasteiger partial charge in [0.2, 0.25) is 0 Å². The molecule has 0 saturated carbocycles. The number of rotatable bonds is 2. The number of hydrogen-bond acceptors (Lipinski definition) is 3. The summed E-state index contributed by atoms with van der Waals surface area (Å²) in [5.41, 5.74) is 0.208. The van der Waals surface area contributed by atoms with Crippen molar-refractivity contribution in [2.45, 2.75) is 13.0 Å². The van der Waals surface area contributed by atoms with Crippen molar-refractivity contribution < 1.29 is 4.79 Å². The Morgan fingerprint density at radius 1 is 1.71 bits per heavy atom. The molecule has 1 heterocycles. The predicted molar refractivity (Wildman–Crippen MR) is 51.8 cm³/mol. The van der Waals surface area contributed by atoms with Gasteiger partial charge in [0.1, 0.15) is 16.9 Å². The van der Waals surface area contributed by atoms with E-state index in [2.05, 4.69) is 10.3 Å². The molecule has 0 spiro atoms. The second-order valence-electron chi connectivity index (χ2n) is 2.67. The summed E-state index contributed by atoms with van der Waals surface area (Å²) < 4.78 is 0. The first-order valence-electron chi connectivity index (χ1n) is 3.96. The van der Waals surface area contributed by atoms with E-state index in [9.17, 15) is 4.79 Å². The van der Waals surface area contributed by atoms with E-state index >= 15 is 0 Å². The molecular formula is C9H8ClN3O. The number of carbonyl (C=O) groups is 1. The molecule has 1 aromatic rings. The molecule has 1 unspecified atom stereocenters. The lowest BCUT2D eigenvalue weighted by atomic mass is 10.3. The number of amides is 1. The summed E-state index contributed by atoms with van der Waals surface area (Å²) in [5.74, 6) is -0.401. The third kappa shape index (κ3) is 2.71. The number of nitriles is 1. The third-order valence-electron chi connectivity index (χ3n) is 1.49. The minimum atomic E-state index is -0.539. The molecule has 14 heavy (non-hydrogen) atoms. The van der Waals surface area contributed by atoms with E-state index in [0.717, 1.165) is 0 Å². The highest BCUT2D eigenvalue weighted by atomic mass is 35.5. The van der Waals surface area contributed by atoms with Gasteiger partial charge in [-0.2, -0.15) is 5.26 Å². The lowest BCUT2D eigenvalue weighted by molar-refractivity contribution is 0.0943. The molecule has 0 radical (unpaired) electrons. The molecule has 5 heteroatoms. The third-order valence-corrected chi connectivity index (χ3v) is 1.70. The quantitative estimate of drug-likeness (QED) is 0.749. The Morgan fingerprint density at radius 3 is 3.00 bits per heavy atom. The molecule has 1 N–H and O–H groups in total. The molecule has 72 valence electrons. The van der Waals surface area contributed by atoms with Gasteiger partial charge in [0.05, 0.1) is 6.07 Å². The second-order valence-corrected chi connectivity index (χ2v) is 3.06. The van der Waals surface area contributed by atoms with Crippen LogP contribution in [0.4, 0.5) is 0 Å². The molecule has 0 saturated heterocycles. The summed E-state index contributed by atoms with van der Waals surface area (Å²) in [6.07, 6.45) is 0. The molecule has 0 aliphatic carbocycles. The van der Waals surface area contributed by atoms with Crippen LogP contribution in [0.5, 0.6) is 0 Å². The van der Waals surface area contributed by atoms with Crippen LogP contribution in [0, 0.1) is 11.3 Å². The van der Waals surface area contributed by atoms with Crippen molar-refractivity contribution in [2.24, 2.45) is 0 Å². The van der Waals surface area contributed by atoms with Crippen molar-refractivity contribution >= 4 is 17.5 Å². The van der Waals surface area contributed by atoms with Gasteiger partial charge in [-0.3, -0.25) is 4.79 Å². The predicted octanol–water partition coefficient (Wildman–Crippen LogP) is 1.38. The fraction of sp³-hybridized carbons (Fsp3) is 0.222. The van der Waals surface area contributed by atoms with Gasteiger partial charge in [0, 0.05) is 0 Å². The first-order valence-corrected chi connectivity index (χ1v) is 4.34. The lowest BCUT2D eigenvalue weighted by Gasteiger charge is -2.05. The van der Waals surface area contributed by atoms with Crippen molar-refractivity contribution in [1.29, 1.82) is 5.26 Å². The minimum absolute atomic E-state index is 0.208. The number of hydrogen-bond donors (Lipinski definition) is 1. The molecule has 0 bridgehead atoms. The van der Waals surface area contributed by atoms with Crippen molar-refractivity contribution in [1.82, 2.24) is 10.3 Å². The van der Waals surface area contributed by atoms with E-state index in [1.54, 1.807) is 19.1 Å². The van der Waals surface area contributed by atoms with Crippen molar-refractivity contribution in [3.63, 3.8) is 0 Å². The first-order chi connectivity index (χ1) is 6.63. The number of nitrogens with zero attached hydrogens (tertiary/aromatic N) is 2. The highest BCUT2D eigenvalue weighted by molar-refractivity contribution is 6.29. The Kier molecular flexibility index (Phi) is 3.43. The van der Waals surface area contributed by atoms with E-state index in [0.29, 0.717) is 0 Å². The van der Waals surface area contributed by atoms with Crippen molar-refractivity contribution in [3.8, 4) is 6.07 Å². The van der Waals surface area contributed by atoms with E-state index in [1.165, 1.54) is 6.07 Å². The number of nitrogens with one attached hydrogen (secondary N) is 1. The maximum absolute atomic E-state index is 11.4. The summed E-state index contributed by atoms with van der Waals surface area (Å²) in [6, 6.07) is 6.08. The fourth-order valence-electron chi connectivity index (χ4n) is 0.838. The Labute approximate surface area is 86.5 Å². The Morgan fingerprint density at radius 2 is 2.43 bits per heavy atom. The largest absolute Gasteiger partial charge is 0.335 e. The van der Waals surface area contributed by atoms with E-state index < -0.39 is 11.9 Å². The van der Waals surface area contributed by atoms with Gasteiger partial charge in [-0.1, -0.05) is 17.7 Å². The smallest absolute Gasteiger partial charge is 0.270 e. The van der Waals surface area contributed by atoms with Crippen LogP contribution in [0.2, 0.25) is 5.15 Å². The van der Waals surface area contributed by atoms with Crippen molar-refractivity contribution in [3.05, 3.63) is 29.0 Å². The highest BCUT2D eigenvalue weighted by Gasteiger charge is 2.09. The van der Waals surface area contributed by atoms with Gasteiger partial charge in [-0.15, -0.1) is 0 Å². The zero-order valence-corrected chi connectivity index (χ0v) is 8.25. The van der Waals surface area contributed by atoms with Crippen LogP contribution in [0.1, 0.15) is 17.4 Å². The fourth-order valence-corrected chi connectivity index (χ4v) is 1.00. The highest BCUT2D eigenvalue weighted by Crippen LogP contribution is 2.04. The average molecular weight is 210 g/mol. The minimum Gasteiger partial charge on any atom is -0.335 e. The van der Waals surface area contributed by atoms with Gasteiger partial charge in [-0.25, -0.2) is 4.98 Å². The van der Waals surface area contributed by atoms with E-state index in [1.807, 2.05) is 6.07 Å². The zero-order valence-electron chi connectivity index (χ0n) is 7.49. The maximum atomic E-state index is 11.4. The SMILES string of the molecule is CC(C#N)NC(=O)c1cccc(Cl)n1. The number of aromatic nitrogens is 1. The summed E-state index contributed by atoms with van der Waals surface area (Å²) >= 11 is 5.60. The summed E-state index contributed by atoms with van der Waals surface area (Å²) in [4.78, 5) is 15.2. The van der Waals surface area contributed by atoms with Gasteiger partial charge < -0.3 is 5.32 Å². The Balaban J connectivity index is 2.76. The molecule has 1 amide bonds. The van der Waals surface area contributed by atoms with Gasteiger partial charge in [-0.05, 0) is 19.1 Å². The normalized spacial score (nSPS) is 11.5. The molecule has 0 aliphatic heterocycles. The standard InChI is InChI=1S/C9H8ClN3O/c1-6(5-11)12-9(14)7-3-2-4-8(10)13-7/h2-4,6H,1H3,(H,12,14). The van der Waals surface area contributed by atoms with Gasteiger partial charge in [0.25, 0.3) is 5.91 Å². The molecule has 0 aromatic carbocycles. The Hall–Kier alpha value is -1.60. The second kappa shape index (κ2) is 4.58. The van der Waals surface area contributed by atoms with Gasteiger partial charge >= 0.3 is 0 Å². The van der Waals surface area contributed by atoms with Crippen LogP contribution in [0.15, 0.2) is 18.2 Å².